The molecule has 0 saturated carbocycles. The van der Waals surface area contributed by atoms with E-state index in [0.717, 1.165) is 22.4 Å². The maximum Gasteiger partial charge on any atom is 0.304 e. The van der Waals surface area contributed by atoms with Gasteiger partial charge in [0.25, 0.3) is 0 Å². The summed E-state index contributed by atoms with van der Waals surface area (Å²) in [5, 5.41) is 22.0. The van der Waals surface area contributed by atoms with Crippen LogP contribution in [0, 0.1) is 5.82 Å². The molecule has 1 aromatic carbocycles. The molecule has 1 aliphatic heterocycles. The molecule has 2 unspecified atom stereocenters. The Balaban J connectivity index is 2.28. The normalized spacial score (nSPS) is 18.0. The van der Waals surface area contributed by atoms with Gasteiger partial charge in [0.1, 0.15) is 5.82 Å². The van der Waals surface area contributed by atoms with Crippen LogP contribution in [-0.4, -0.2) is 20.7 Å². The van der Waals surface area contributed by atoms with Gasteiger partial charge in [0, 0.05) is 28.4 Å². The van der Waals surface area contributed by atoms with Gasteiger partial charge >= 0.3 is 5.97 Å². The Hall–Kier alpha value is -2.05. The third-order valence-corrected chi connectivity index (χ3v) is 5.46. The van der Waals surface area contributed by atoms with E-state index in [1.807, 2.05) is 9.98 Å². The maximum absolute atomic E-state index is 14.1. The highest BCUT2D eigenvalue weighted by Crippen LogP contribution is 2.47. The van der Waals surface area contributed by atoms with Crippen molar-refractivity contribution in [3.8, 4) is 0 Å². The topological polar surface area (TPSA) is 62.5 Å². The minimum absolute atomic E-state index is 0.0432. The molecular formula is C19H20FNO3S. The number of thioether (sulfide) groups is 1. The van der Waals surface area contributed by atoms with E-state index in [2.05, 4.69) is 6.58 Å². The number of hydrogen-bond donors (Lipinski definition) is 2. The van der Waals surface area contributed by atoms with Gasteiger partial charge in [-0.15, -0.1) is 0 Å². The minimum Gasteiger partial charge on any atom is -0.481 e. The summed E-state index contributed by atoms with van der Waals surface area (Å²) in [7, 11) is 0. The molecule has 0 spiro atoms. The number of halogens is 1. The van der Waals surface area contributed by atoms with Gasteiger partial charge in [-0.05, 0) is 36.4 Å². The van der Waals surface area contributed by atoms with Gasteiger partial charge in [0.05, 0.1) is 18.0 Å². The van der Waals surface area contributed by atoms with Crippen molar-refractivity contribution in [3.63, 3.8) is 0 Å². The Bertz CT molecular complexity index is 869. The molecule has 1 aliphatic rings. The summed E-state index contributed by atoms with van der Waals surface area (Å²) in [6, 6.07) is 2.82. The van der Waals surface area contributed by atoms with Crippen LogP contribution < -0.4 is 0 Å². The van der Waals surface area contributed by atoms with Crippen LogP contribution in [0.2, 0.25) is 0 Å². The van der Waals surface area contributed by atoms with Crippen LogP contribution in [0.4, 0.5) is 4.39 Å². The summed E-state index contributed by atoms with van der Waals surface area (Å²) < 4.78 is 16.1. The zero-order valence-corrected chi connectivity index (χ0v) is 14.7. The number of benzene rings is 1. The number of carboxylic acid groups (broad SMARTS) is 1. The molecule has 0 saturated heterocycles. The summed E-state index contributed by atoms with van der Waals surface area (Å²) in [6.07, 6.45) is 3.41. The quantitative estimate of drug-likeness (QED) is 0.584. The van der Waals surface area contributed by atoms with E-state index in [4.69, 9.17) is 0 Å². The molecule has 2 aromatic rings. The molecule has 6 heteroatoms. The van der Waals surface area contributed by atoms with Gasteiger partial charge in [-0.25, -0.2) is 4.39 Å². The molecule has 3 rings (SSSR count). The average Bonchev–Trinajstić information content (AvgIpc) is 3.06. The standard InChI is InChI=1S/C19H20FNO3S/c1-3-4-7-25-19-17-14(11(2)22)9-13(20)10-15(17)21-6-5-12(18(19)21)8-16(23)24/h3-4,7,9-12,22H,1,5-6,8H2,2H3,(H,23,24)/b7-4+. The van der Waals surface area contributed by atoms with Gasteiger partial charge in [-0.2, -0.15) is 0 Å². The van der Waals surface area contributed by atoms with Crippen LogP contribution in [0.15, 0.2) is 41.2 Å². The van der Waals surface area contributed by atoms with Crippen molar-refractivity contribution in [1.82, 2.24) is 4.57 Å². The van der Waals surface area contributed by atoms with Crippen molar-refractivity contribution in [2.75, 3.05) is 0 Å². The van der Waals surface area contributed by atoms with E-state index in [1.165, 1.54) is 23.9 Å². The number of aryl methyl sites for hydroxylation is 1. The third kappa shape index (κ3) is 3.24. The predicted molar refractivity (Wildman–Crippen MR) is 97.3 cm³/mol. The predicted octanol–water partition coefficient (Wildman–Crippen LogP) is 4.59. The second-order valence-corrected chi connectivity index (χ2v) is 7.11. The second kappa shape index (κ2) is 7.06. The molecule has 0 amide bonds. The Morgan fingerprint density at radius 1 is 1.56 bits per heavy atom. The zero-order valence-electron chi connectivity index (χ0n) is 13.9. The number of fused-ring (bicyclic) bond motifs is 3. The number of nitrogens with zero attached hydrogens (tertiary/aromatic N) is 1. The molecule has 0 fully saturated rings. The van der Waals surface area contributed by atoms with Crippen molar-refractivity contribution >= 4 is 28.6 Å². The van der Waals surface area contributed by atoms with E-state index in [9.17, 15) is 19.4 Å². The molecule has 2 heterocycles. The lowest BCUT2D eigenvalue weighted by Crippen LogP contribution is -2.04. The molecule has 2 N–H and O–H groups in total. The van der Waals surface area contributed by atoms with Crippen LogP contribution in [-0.2, 0) is 11.3 Å². The smallest absolute Gasteiger partial charge is 0.304 e. The fraction of sp³-hybridized carbons (Fsp3) is 0.316. The van der Waals surface area contributed by atoms with Crippen molar-refractivity contribution in [2.45, 2.75) is 43.2 Å². The fourth-order valence-electron chi connectivity index (χ4n) is 3.54. The van der Waals surface area contributed by atoms with Crippen molar-refractivity contribution < 1.29 is 19.4 Å². The largest absolute Gasteiger partial charge is 0.481 e. The number of aliphatic carboxylic acids is 1. The van der Waals surface area contributed by atoms with Crippen LogP contribution >= 0.6 is 11.8 Å². The van der Waals surface area contributed by atoms with Crippen molar-refractivity contribution in [1.29, 1.82) is 0 Å². The number of aliphatic hydroxyl groups is 1. The van der Waals surface area contributed by atoms with E-state index < -0.39 is 17.9 Å². The Morgan fingerprint density at radius 2 is 2.32 bits per heavy atom. The summed E-state index contributed by atoms with van der Waals surface area (Å²) >= 11 is 1.46. The number of carbonyl (C=O) groups is 1. The summed E-state index contributed by atoms with van der Waals surface area (Å²) in [5.74, 6) is -1.36. The summed E-state index contributed by atoms with van der Waals surface area (Å²) in [5.41, 5.74) is 2.16. The van der Waals surface area contributed by atoms with Gasteiger partial charge in [-0.1, -0.05) is 30.5 Å². The molecule has 2 atom stereocenters. The highest BCUT2D eigenvalue weighted by atomic mass is 32.2. The lowest BCUT2D eigenvalue weighted by molar-refractivity contribution is -0.137. The molecule has 1 aromatic heterocycles. The Kier molecular flexibility index (Phi) is 5.01. The molecule has 0 bridgehead atoms. The number of carboxylic acids is 1. The van der Waals surface area contributed by atoms with Gasteiger partial charge in [0.15, 0.2) is 0 Å². The SMILES string of the molecule is C=C/C=C/Sc1c2n(c3cc(F)cc(C(C)O)c13)CCC2CC(=O)O. The number of rotatable bonds is 6. The number of hydrogen-bond acceptors (Lipinski definition) is 3. The average molecular weight is 361 g/mol. The minimum atomic E-state index is -0.844. The van der Waals surface area contributed by atoms with Gasteiger partial charge in [-0.3, -0.25) is 4.79 Å². The lowest BCUT2D eigenvalue weighted by Gasteiger charge is -2.11. The molecule has 132 valence electrons. The lowest BCUT2D eigenvalue weighted by atomic mass is 9.98. The van der Waals surface area contributed by atoms with E-state index >= 15 is 0 Å². The van der Waals surface area contributed by atoms with Gasteiger partial charge < -0.3 is 14.8 Å². The van der Waals surface area contributed by atoms with E-state index in [1.54, 1.807) is 19.1 Å². The van der Waals surface area contributed by atoms with Crippen molar-refractivity contribution in [3.05, 3.63) is 53.3 Å². The van der Waals surface area contributed by atoms with Crippen LogP contribution in [0.1, 0.15) is 43.0 Å². The van der Waals surface area contributed by atoms with E-state index in [0.29, 0.717) is 17.6 Å². The summed E-state index contributed by atoms with van der Waals surface area (Å²) in [6.45, 7) is 5.92. The third-order valence-electron chi connectivity index (χ3n) is 4.51. The monoisotopic (exact) mass is 361 g/mol. The number of aliphatic hydroxyl groups excluding tert-OH is 1. The number of allylic oxidation sites excluding steroid dienone is 2. The van der Waals surface area contributed by atoms with E-state index in [-0.39, 0.29) is 12.3 Å². The molecule has 0 radical (unpaired) electrons. The first-order chi connectivity index (χ1) is 11.9. The second-order valence-electron chi connectivity index (χ2n) is 6.20. The summed E-state index contributed by atoms with van der Waals surface area (Å²) in [4.78, 5) is 12.1. The zero-order chi connectivity index (χ0) is 18.1. The highest BCUT2D eigenvalue weighted by molar-refractivity contribution is 8.02. The Labute approximate surface area is 149 Å². The maximum atomic E-state index is 14.1. The first-order valence-electron chi connectivity index (χ1n) is 8.13. The van der Waals surface area contributed by atoms with Crippen molar-refractivity contribution in [2.24, 2.45) is 0 Å². The first kappa shape index (κ1) is 17.8. The molecule has 4 nitrogen and oxygen atoms in total. The van der Waals surface area contributed by atoms with Crippen LogP contribution in [0.5, 0.6) is 0 Å². The van der Waals surface area contributed by atoms with Gasteiger partial charge in [0.2, 0.25) is 0 Å². The first-order valence-corrected chi connectivity index (χ1v) is 9.01. The fourth-order valence-corrected chi connectivity index (χ4v) is 4.61. The molecule has 25 heavy (non-hydrogen) atoms. The molecule has 0 aliphatic carbocycles. The van der Waals surface area contributed by atoms with Crippen LogP contribution in [0.3, 0.4) is 0 Å². The highest BCUT2D eigenvalue weighted by Gasteiger charge is 2.32. The van der Waals surface area contributed by atoms with Crippen LogP contribution in [0.25, 0.3) is 10.9 Å². The Morgan fingerprint density at radius 3 is 2.96 bits per heavy atom. The number of aromatic nitrogens is 1. The molecular weight excluding hydrogens is 341 g/mol.